The summed E-state index contributed by atoms with van der Waals surface area (Å²) in [6, 6.07) is 0. The quantitative estimate of drug-likeness (QED) is 0.845. The van der Waals surface area contributed by atoms with Crippen molar-refractivity contribution in [2.45, 2.75) is 31.9 Å². The Morgan fingerprint density at radius 2 is 2.33 bits per heavy atom. The van der Waals surface area contributed by atoms with Crippen LogP contribution < -0.4 is 10.6 Å². The fourth-order valence-corrected chi connectivity index (χ4v) is 3.05. The molecule has 0 aliphatic carbocycles. The molecule has 0 radical (unpaired) electrons. The molecule has 2 heterocycles. The molecule has 0 aromatic carbocycles. The predicted octanol–water partition coefficient (Wildman–Crippen LogP) is 2.21. The number of hydrogen-bond acceptors (Lipinski definition) is 4. The Kier molecular flexibility index (Phi) is 5.58. The lowest BCUT2D eigenvalue weighted by Crippen LogP contribution is -2.26. The van der Waals surface area contributed by atoms with Crippen LogP contribution in [0.2, 0.25) is 0 Å². The second kappa shape index (κ2) is 7.22. The third kappa shape index (κ3) is 5.28. The highest BCUT2D eigenvalue weighted by Gasteiger charge is 2.33. The normalized spacial score (nSPS) is 18.9. The second-order valence-electron chi connectivity index (χ2n) is 5.12. The van der Waals surface area contributed by atoms with Gasteiger partial charge in [-0.05, 0) is 31.8 Å². The van der Waals surface area contributed by atoms with E-state index >= 15 is 0 Å². The molecule has 21 heavy (non-hydrogen) atoms. The van der Waals surface area contributed by atoms with Crippen LogP contribution in [0.5, 0.6) is 0 Å². The molecule has 1 aliphatic heterocycles. The van der Waals surface area contributed by atoms with Crippen LogP contribution in [0.1, 0.15) is 30.0 Å². The molecular weight excluding hydrogens is 303 g/mol. The first-order valence-electron chi connectivity index (χ1n) is 6.94. The fraction of sp³-hybridized carbons (Fsp3) is 0.692. The van der Waals surface area contributed by atoms with Crippen LogP contribution >= 0.6 is 11.3 Å². The SMILES string of the molecule is O=C(CCC1CCNC1)NCCc1nc(C(F)(F)F)cs1. The minimum absolute atomic E-state index is 0.0468. The fourth-order valence-electron chi connectivity index (χ4n) is 2.25. The van der Waals surface area contributed by atoms with Crippen LogP contribution in [0, 0.1) is 5.92 Å². The maximum Gasteiger partial charge on any atom is 0.434 e. The number of aromatic nitrogens is 1. The highest BCUT2D eigenvalue weighted by molar-refractivity contribution is 7.09. The van der Waals surface area contributed by atoms with E-state index in [4.69, 9.17) is 0 Å². The molecule has 1 amide bonds. The van der Waals surface area contributed by atoms with Crippen LogP contribution in [0.3, 0.4) is 0 Å². The molecule has 2 rings (SSSR count). The Labute approximate surface area is 125 Å². The summed E-state index contributed by atoms with van der Waals surface area (Å²) in [5, 5.41) is 7.37. The summed E-state index contributed by atoms with van der Waals surface area (Å²) in [5.41, 5.74) is -0.859. The van der Waals surface area contributed by atoms with Gasteiger partial charge in [0.25, 0.3) is 0 Å². The average Bonchev–Trinajstić information content (AvgIpc) is 3.07. The number of thiazole rings is 1. The summed E-state index contributed by atoms with van der Waals surface area (Å²) in [6.45, 7) is 2.30. The van der Waals surface area contributed by atoms with E-state index in [1.165, 1.54) is 0 Å². The molecule has 0 saturated carbocycles. The van der Waals surface area contributed by atoms with Gasteiger partial charge in [-0.3, -0.25) is 4.79 Å². The number of halogens is 3. The molecular formula is C13H18F3N3OS. The average molecular weight is 321 g/mol. The number of amides is 1. The Morgan fingerprint density at radius 1 is 1.52 bits per heavy atom. The van der Waals surface area contributed by atoms with E-state index in [0.29, 0.717) is 30.3 Å². The maximum absolute atomic E-state index is 12.4. The van der Waals surface area contributed by atoms with E-state index in [0.717, 1.165) is 42.6 Å². The van der Waals surface area contributed by atoms with E-state index < -0.39 is 11.9 Å². The van der Waals surface area contributed by atoms with Gasteiger partial charge in [0.2, 0.25) is 5.91 Å². The van der Waals surface area contributed by atoms with Crippen molar-refractivity contribution in [3.8, 4) is 0 Å². The number of nitrogens with zero attached hydrogens (tertiary/aromatic N) is 1. The summed E-state index contributed by atoms with van der Waals surface area (Å²) in [7, 11) is 0. The van der Waals surface area contributed by atoms with E-state index in [-0.39, 0.29) is 5.91 Å². The Morgan fingerprint density at radius 3 is 2.95 bits per heavy atom. The number of rotatable bonds is 6. The summed E-state index contributed by atoms with van der Waals surface area (Å²) >= 11 is 0.971. The summed E-state index contributed by atoms with van der Waals surface area (Å²) in [6.07, 6.45) is -1.64. The molecule has 1 aliphatic rings. The van der Waals surface area contributed by atoms with Crippen LogP contribution in [-0.2, 0) is 17.4 Å². The molecule has 1 saturated heterocycles. The second-order valence-corrected chi connectivity index (χ2v) is 6.06. The van der Waals surface area contributed by atoms with Gasteiger partial charge in [-0.1, -0.05) is 0 Å². The monoisotopic (exact) mass is 321 g/mol. The summed E-state index contributed by atoms with van der Waals surface area (Å²) < 4.78 is 37.1. The minimum atomic E-state index is -4.40. The predicted molar refractivity (Wildman–Crippen MR) is 74.0 cm³/mol. The molecule has 1 atom stereocenters. The standard InChI is InChI=1S/C13H18F3N3OS/c14-13(15,16)10-8-21-12(19-10)4-6-18-11(20)2-1-9-3-5-17-7-9/h8-9,17H,1-7H2,(H,18,20). The first-order valence-corrected chi connectivity index (χ1v) is 7.82. The first-order chi connectivity index (χ1) is 9.95. The van der Waals surface area contributed by atoms with Gasteiger partial charge >= 0.3 is 6.18 Å². The Balaban J connectivity index is 1.64. The van der Waals surface area contributed by atoms with Crippen LogP contribution in [-0.4, -0.2) is 30.5 Å². The zero-order chi connectivity index (χ0) is 15.3. The maximum atomic E-state index is 12.4. The largest absolute Gasteiger partial charge is 0.434 e. The number of alkyl halides is 3. The van der Waals surface area contributed by atoms with Gasteiger partial charge in [-0.25, -0.2) is 4.98 Å². The van der Waals surface area contributed by atoms with Gasteiger partial charge in [0.15, 0.2) is 5.69 Å². The molecule has 1 fully saturated rings. The van der Waals surface area contributed by atoms with Gasteiger partial charge in [0.05, 0.1) is 5.01 Å². The van der Waals surface area contributed by atoms with Crippen molar-refractivity contribution < 1.29 is 18.0 Å². The van der Waals surface area contributed by atoms with E-state index in [1.54, 1.807) is 0 Å². The van der Waals surface area contributed by atoms with Gasteiger partial charge in [0.1, 0.15) is 0 Å². The van der Waals surface area contributed by atoms with E-state index in [1.807, 2.05) is 0 Å². The van der Waals surface area contributed by atoms with Crippen molar-refractivity contribution in [3.05, 3.63) is 16.1 Å². The molecule has 1 aromatic rings. The van der Waals surface area contributed by atoms with E-state index in [9.17, 15) is 18.0 Å². The number of carbonyl (C=O) groups excluding carboxylic acids is 1. The molecule has 1 aromatic heterocycles. The smallest absolute Gasteiger partial charge is 0.356 e. The van der Waals surface area contributed by atoms with Crippen LogP contribution in [0.4, 0.5) is 13.2 Å². The molecule has 1 unspecified atom stereocenters. The van der Waals surface area contributed by atoms with Crippen molar-refractivity contribution in [2.24, 2.45) is 5.92 Å². The molecule has 8 heteroatoms. The lowest BCUT2D eigenvalue weighted by atomic mass is 10.0. The molecule has 4 nitrogen and oxygen atoms in total. The minimum Gasteiger partial charge on any atom is -0.356 e. The third-order valence-electron chi connectivity index (χ3n) is 3.45. The lowest BCUT2D eigenvalue weighted by Gasteiger charge is -2.08. The number of carbonyl (C=O) groups is 1. The number of hydrogen-bond donors (Lipinski definition) is 2. The molecule has 0 spiro atoms. The van der Waals surface area contributed by atoms with Crippen molar-refractivity contribution >= 4 is 17.2 Å². The zero-order valence-electron chi connectivity index (χ0n) is 11.5. The Bertz CT molecular complexity index is 469. The van der Waals surface area contributed by atoms with Gasteiger partial charge in [0, 0.05) is 24.8 Å². The van der Waals surface area contributed by atoms with Gasteiger partial charge in [-0.2, -0.15) is 13.2 Å². The third-order valence-corrected chi connectivity index (χ3v) is 4.35. The first kappa shape index (κ1) is 16.2. The van der Waals surface area contributed by atoms with Gasteiger partial charge < -0.3 is 10.6 Å². The highest BCUT2D eigenvalue weighted by Crippen LogP contribution is 2.29. The Hall–Kier alpha value is -1.15. The van der Waals surface area contributed by atoms with Crippen LogP contribution in [0.15, 0.2) is 5.38 Å². The van der Waals surface area contributed by atoms with E-state index in [2.05, 4.69) is 15.6 Å². The summed E-state index contributed by atoms with van der Waals surface area (Å²) in [5.74, 6) is 0.513. The van der Waals surface area contributed by atoms with Gasteiger partial charge in [-0.15, -0.1) is 11.3 Å². The molecule has 2 N–H and O–H groups in total. The van der Waals surface area contributed by atoms with Crippen LogP contribution in [0.25, 0.3) is 0 Å². The zero-order valence-corrected chi connectivity index (χ0v) is 12.3. The molecule has 0 bridgehead atoms. The highest BCUT2D eigenvalue weighted by atomic mass is 32.1. The summed E-state index contributed by atoms with van der Waals surface area (Å²) in [4.78, 5) is 15.1. The topological polar surface area (TPSA) is 54.0 Å². The van der Waals surface area contributed by atoms with Crippen molar-refractivity contribution in [3.63, 3.8) is 0 Å². The number of nitrogens with one attached hydrogen (secondary N) is 2. The van der Waals surface area contributed by atoms with Crippen molar-refractivity contribution in [1.82, 2.24) is 15.6 Å². The lowest BCUT2D eigenvalue weighted by molar-refractivity contribution is -0.140. The van der Waals surface area contributed by atoms with Crippen molar-refractivity contribution in [1.29, 1.82) is 0 Å². The van der Waals surface area contributed by atoms with Crippen molar-refractivity contribution in [2.75, 3.05) is 19.6 Å². The molecule has 118 valence electrons.